The summed E-state index contributed by atoms with van der Waals surface area (Å²) >= 11 is 5.52. The predicted octanol–water partition coefficient (Wildman–Crippen LogP) is 2.17. The molecule has 0 aliphatic rings. The van der Waals surface area contributed by atoms with E-state index in [4.69, 9.17) is 11.6 Å². The fraction of sp³-hybridized carbons (Fsp3) is 0.500. The molecule has 0 bridgehead atoms. The van der Waals surface area contributed by atoms with Gasteiger partial charge in [0, 0.05) is 19.5 Å². The van der Waals surface area contributed by atoms with Crippen molar-refractivity contribution < 1.29 is 13.5 Å². The number of benzene rings is 1. The first-order valence-electron chi connectivity index (χ1n) is 5.73. The molecule has 1 rings (SSSR count). The van der Waals surface area contributed by atoms with E-state index in [1.165, 1.54) is 4.31 Å². The van der Waals surface area contributed by atoms with E-state index in [9.17, 15) is 13.5 Å². The summed E-state index contributed by atoms with van der Waals surface area (Å²) in [4.78, 5) is 0. The molecule has 0 saturated heterocycles. The van der Waals surface area contributed by atoms with Crippen LogP contribution in [0.3, 0.4) is 0 Å². The van der Waals surface area contributed by atoms with Crippen molar-refractivity contribution in [3.8, 4) is 5.75 Å². The van der Waals surface area contributed by atoms with Crippen molar-refractivity contribution in [2.75, 3.05) is 18.7 Å². The number of phenolic OH excluding ortho intramolecular Hbond substituents is 1. The molecule has 0 fully saturated rings. The van der Waals surface area contributed by atoms with Gasteiger partial charge in [0.25, 0.3) is 0 Å². The Bertz CT molecular complexity index is 476. The maximum Gasteiger partial charge on any atom is 0.214 e. The average Bonchev–Trinajstić information content (AvgIpc) is 2.29. The molecule has 0 aromatic heterocycles. The quantitative estimate of drug-likeness (QED) is 0.619. The summed E-state index contributed by atoms with van der Waals surface area (Å²) in [5, 5.41) is 9.32. The second-order valence-corrected chi connectivity index (χ2v) is 6.71. The molecule has 0 saturated carbocycles. The summed E-state index contributed by atoms with van der Waals surface area (Å²) in [6, 6.07) is 6.59. The Morgan fingerprint density at radius 3 is 2.67 bits per heavy atom. The fourth-order valence-electron chi connectivity index (χ4n) is 1.55. The molecular formula is C12H18ClNO3S. The van der Waals surface area contributed by atoms with Crippen LogP contribution in [0.15, 0.2) is 24.3 Å². The van der Waals surface area contributed by atoms with Gasteiger partial charge >= 0.3 is 0 Å². The number of aromatic hydroxyl groups is 1. The van der Waals surface area contributed by atoms with Crippen LogP contribution in [0.25, 0.3) is 0 Å². The predicted molar refractivity (Wildman–Crippen MR) is 73.3 cm³/mol. The maximum absolute atomic E-state index is 11.9. The van der Waals surface area contributed by atoms with Crippen LogP contribution in [0.4, 0.5) is 0 Å². The normalized spacial score (nSPS) is 11.9. The minimum Gasteiger partial charge on any atom is -0.508 e. The zero-order chi connectivity index (χ0) is 13.6. The van der Waals surface area contributed by atoms with Crippen LogP contribution in [0.5, 0.6) is 5.75 Å². The van der Waals surface area contributed by atoms with E-state index in [2.05, 4.69) is 0 Å². The van der Waals surface area contributed by atoms with Crippen molar-refractivity contribution in [1.82, 2.24) is 4.31 Å². The smallest absolute Gasteiger partial charge is 0.214 e. The summed E-state index contributed by atoms with van der Waals surface area (Å²) in [5.41, 5.74) is 0.762. The molecule has 18 heavy (non-hydrogen) atoms. The molecule has 4 nitrogen and oxygen atoms in total. The molecule has 1 aromatic carbocycles. The van der Waals surface area contributed by atoms with Crippen LogP contribution in [0, 0.1) is 0 Å². The van der Waals surface area contributed by atoms with Gasteiger partial charge in [0.2, 0.25) is 10.0 Å². The largest absolute Gasteiger partial charge is 0.508 e. The van der Waals surface area contributed by atoms with Gasteiger partial charge in [-0.25, -0.2) is 12.7 Å². The summed E-state index contributed by atoms with van der Waals surface area (Å²) in [7, 11) is -1.71. The first-order valence-corrected chi connectivity index (χ1v) is 7.88. The second kappa shape index (κ2) is 6.97. The molecule has 0 heterocycles. The number of alkyl halides is 1. The Balaban J connectivity index is 2.61. The Labute approximate surface area is 113 Å². The van der Waals surface area contributed by atoms with Crippen LogP contribution in [0.2, 0.25) is 0 Å². The van der Waals surface area contributed by atoms with Gasteiger partial charge < -0.3 is 5.11 Å². The number of rotatable bonds is 7. The number of phenols is 1. The van der Waals surface area contributed by atoms with Crippen LogP contribution >= 0.6 is 11.6 Å². The number of sulfonamides is 1. The van der Waals surface area contributed by atoms with Gasteiger partial charge in [-0.3, -0.25) is 0 Å². The Morgan fingerprint density at radius 2 is 2.06 bits per heavy atom. The summed E-state index contributed by atoms with van der Waals surface area (Å²) in [6.45, 7) is 0.262. The third-order valence-corrected chi connectivity index (χ3v) is 4.73. The zero-order valence-electron chi connectivity index (χ0n) is 10.3. The van der Waals surface area contributed by atoms with E-state index in [-0.39, 0.29) is 18.0 Å². The van der Waals surface area contributed by atoms with Crippen molar-refractivity contribution in [3.05, 3.63) is 29.8 Å². The first-order chi connectivity index (χ1) is 8.45. The zero-order valence-corrected chi connectivity index (χ0v) is 11.9. The molecule has 0 spiro atoms. The number of hydrogen-bond donors (Lipinski definition) is 1. The fourth-order valence-corrected chi connectivity index (χ4v) is 2.96. The molecule has 1 N–H and O–H groups in total. The Hall–Kier alpha value is -0.780. The Kier molecular flexibility index (Phi) is 5.91. The van der Waals surface area contributed by atoms with Crippen LogP contribution in [0.1, 0.15) is 18.4 Å². The van der Waals surface area contributed by atoms with E-state index < -0.39 is 10.0 Å². The van der Waals surface area contributed by atoms with Crippen molar-refractivity contribution in [1.29, 1.82) is 0 Å². The Morgan fingerprint density at radius 1 is 1.33 bits per heavy atom. The molecule has 0 aliphatic heterocycles. The van der Waals surface area contributed by atoms with Gasteiger partial charge in [-0.1, -0.05) is 12.1 Å². The molecule has 1 aromatic rings. The standard InChI is InChI=1S/C12H18ClNO3S/c1-14(18(16,17)8-3-2-7-13)10-11-5-4-6-12(15)9-11/h4-6,9,15H,2-3,7-8,10H2,1H3. The lowest BCUT2D eigenvalue weighted by atomic mass is 10.2. The highest BCUT2D eigenvalue weighted by atomic mass is 35.5. The average molecular weight is 292 g/mol. The minimum absolute atomic E-state index is 0.106. The number of nitrogens with zero attached hydrogens (tertiary/aromatic N) is 1. The third kappa shape index (κ3) is 4.84. The van der Waals surface area contributed by atoms with Gasteiger partial charge in [0.15, 0.2) is 0 Å². The van der Waals surface area contributed by atoms with E-state index in [0.29, 0.717) is 18.7 Å². The van der Waals surface area contributed by atoms with Gasteiger partial charge in [0.1, 0.15) is 5.75 Å². The third-order valence-electron chi connectivity index (χ3n) is 2.58. The molecular weight excluding hydrogens is 274 g/mol. The highest BCUT2D eigenvalue weighted by Gasteiger charge is 2.17. The highest BCUT2D eigenvalue weighted by molar-refractivity contribution is 7.89. The molecule has 0 amide bonds. The van der Waals surface area contributed by atoms with E-state index in [0.717, 1.165) is 5.56 Å². The van der Waals surface area contributed by atoms with Crippen LogP contribution in [-0.4, -0.2) is 36.5 Å². The summed E-state index contributed by atoms with van der Waals surface area (Å²) in [5.74, 6) is 0.723. The number of halogens is 1. The molecule has 0 atom stereocenters. The summed E-state index contributed by atoms with van der Waals surface area (Å²) in [6.07, 6.45) is 1.26. The minimum atomic E-state index is -3.25. The lowest BCUT2D eigenvalue weighted by Crippen LogP contribution is -2.28. The van der Waals surface area contributed by atoms with Gasteiger partial charge in [0.05, 0.1) is 5.75 Å². The van der Waals surface area contributed by atoms with Gasteiger partial charge in [-0.15, -0.1) is 11.6 Å². The maximum atomic E-state index is 11.9. The van der Waals surface area contributed by atoms with Crippen LogP contribution < -0.4 is 0 Å². The van der Waals surface area contributed by atoms with Crippen molar-refractivity contribution in [3.63, 3.8) is 0 Å². The van der Waals surface area contributed by atoms with Crippen molar-refractivity contribution >= 4 is 21.6 Å². The molecule has 0 aliphatic carbocycles. The van der Waals surface area contributed by atoms with Gasteiger partial charge in [-0.2, -0.15) is 0 Å². The molecule has 0 radical (unpaired) electrons. The van der Waals surface area contributed by atoms with E-state index in [1.54, 1.807) is 31.3 Å². The van der Waals surface area contributed by atoms with E-state index in [1.807, 2.05) is 0 Å². The monoisotopic (exact) mass is 291 g/mol. The van der Waals surface area contributed by atoms with Crippen LogP contribution in [-0.2, 0) is 16.6 Å². The second-order valence-electron chi connectivity index (χ2n) is 4.14. The highest BCUT2D eigenvalue weighted by Crippen LogP contribution is 2.14. The number of unbranched alkanes of at least 4 members (excludes halogenated alkanes) is 1. The lowest BCUT2D eigenvalue weighted by molar-refractivity contribution is 0.457. The first kappa shape index (κ1) is 15.3. The molecule has 102 valence electrons. The number of hydrogen-bond acceptors (Lipinski definition) is 3. The van der Waals surface area contributed by atoms with Gasteiger partial charge in [-0.05, 0) is 30.5 Å². The topological polar surface area (TPSA) is 57.6 Å². The van der Waals surface area contributed by atoms with Crippen molar-refractivity contribution in [2.45, 2.75) is 19.4 Å². The molecule has 0 unspecified atom stereocenters. The lowest BCUT2D eigenvalue weighted by Gasteiger charge is -2.17. The summed E-state index contributed by atoms with van der Waals surface area (Å²) < 4.78 is 25.1. The SMILES string of the molecule is CN(Cc1cccc(O)c1)S(=O)(=O)CCCCCl. The van der Waals surface area contributed by atoms with Crippen molar-refractivity contribution in [2.24, 2.45) is 0 Å². The molecule has 6 heteroatoms. The van der Waals surface area contributed by atoms with E-state index >= 15 is 0 Å².